The molecule has 0 bridgehead atoms. The van der Waals surface area contributed by atoms with Crippen molar-refractivity contribution in [2.24, 2.45) is 28.6 Å². The lowest BCUT2D eigenvalue weighted by atomic mass is 9.50. The fraction of sp³-hybridized carbons (Fsp3) is 0.750. The Balaban J connectivity index is 1.84. The Morgan fingerprint density at radius 1 is 1.08 bits per heavy atom. The largest absolute Gasteiger partial charge is 0.358 e. The van der Waals surface area contributed by atoms with E-state index in [0.717, 1.165) is 12.0 Å². The molecule has 2 saturated carbocycles. The smallest absolute Gasteiger partial charge is 0.169 e. The van der Waals surface area contributed by atoms with Crippen LogP contribution < -0.4 is 0 Å². The average Bonchev–Trinajstić information content (AvgIpc) is 3.06. The van der Waals surface area contributed by atoms with Gasteiger partial charge in [0.25, 0.3) is 0 Å². The summed E-state index contributed by atoms with van der Waals surface area (Å²) in [6, 6.07) is 0. The van der Waals surface area contributed by atoms with Gasteiger partial charge in [-0.15, -0.1) is 0 Å². The number of hydrogen-bond donors (Lipinski definition) is 0. The number of rotatable bonds is 1. The summed E-state index contributed by atoms with van der Waals surface area (Å²) in [5.74, 6) is 0.361. The Labute approximate surface area is 143 Å². The summed E-state index contributed by atoms with van der Waals surface area (Å²) in [6.45, 7) is 9.94. The lowest BCUT2D eigenvalue weighted by molar-refractivity contribution is -0.151. The highest BCUT2D eigenvalue weighted by Crippen LogP contribution is 2.64. The zero-order valence-electron chi connectivity index (χ0n) is 15.1. The van der Waals surface area contributed by atoms with Gasteiger partial charge in [-0.1, -0.05) is 26.3 Å². The third-order valence-corrected chi connectivity index (χ3v) is 7.43. The van der Waals surface area contributed by atoms with Gasteiger partial charge in [-0.05, 0) is 43.6 Å². The molecule has 130 valence electrons. The third kappa shape index (κ3) is 1.75. The van der Waals surface area contributed by atoms with Crippen molar-refractivity contribution in [3.05, 3.63) is 11.6 Å². The summed E-state index contributed by atoms with van der Waals surface area (Å²) in [5.41, 5.74) is -0.882. The van der Waals surface area contributed by atoms with E-state index in [1.54, 1.807) is 6.08 Å². The minimum absolute atomic E-state index is 0.0117. The molecule has 6 atom stereocenters. The van der Waals surface area contributed by atoms with Crippen LogP contribution in [0.4, 0.5) is 0 Å². The SMILES string of the molecule is CC(C)C1=CC(=O)[C@@]2(C)C(=O)C[C@@]3(C)CC(=O)[C@]4(C)O[C@@H]4C[C@@H]3[C@@H]12. The maximum absolute atomic E-state index is 13.0. The average molecular weight is 330 g/mol. The third-order valence-electron chi connectivity index (χ3n) is 7.43. The van der Waals surface area contributed by atoms with Crippen LogP contribution in [0.25, 0.3) is 0 Å². The molecule has 3 fully saturated rings. The van der Waals surface area contributed by atoms with E-state index >= 15 is 0 Å². The van der Waals surface area contributed by atoms with Gasteiger partial charge in [-0.25, -0.2) is 0 Å². The molecular weight excluding hydrogens is 304 g/mol. The molecular formula is C20H26O4. The minimum Gasteiger partial charge on any atom is -0.358 e. The second-order valence-corrected chi connectivity index (χ2v) is 9.25. The van der Waals surface area contributed by atoms with Gasteiger partial charge in [0.2, 0.25) is 0 Å². The molecule has 4 heteroatoms. The number of ketones is 3. The summed E-state index contributed by atoms with van der Waals surface area (Å²) < 4.78 is 5.74. The van der Waals surface area contributed by atoms with Crippen LogP contribution in [0, 0.1) is 28.6 Å². The van der Waals surface area contributed by atoms with Crippen molar-refractivity contribution in [1.29, 1.82) is 0 Å². The zero-order valence-corrected chi connectivity index (χ0v) is 15.1. The molecule has 1 heterocycles. The van der Waals surface area contributed by atoms with Gasteiger partial charge < -0.3 is 4.74 Å². The Hall–Kier alpha value is -1.29. The molecule has 1 aliphatic heterocycles. The zero-order chi connectivity index (χ0) is 17.7. The topological polar surface area (TPSA) is 63.7 Å². The molecule has 4 aliphatic rings. The van der Waals surface area contributed by atoms with Crippen molar-refractivity contribution in [2.75, 3.05) is 0 Å². The van der Waals surface area contributed by atoms with Crippen LogP contribution >= 0.6 is 0 Å². The summed E-state index contributed by atoms with van der Waals surface area (Å²) in [5, 5.41) is 0. The summed E-state index contributed by atoms with van der Waals surface area (Å²) in [6.07, 6.45) is 3.13. The maximum atomic E-state index is 13.0. The van der Waals surface area contributed by atoms with E-state index in [1.807, 2.05) is 13.8 Å². The molecule has 4 rings (SSSR count). The Morgan fingerprint density at radius 2 is 1.71 bits per heavy atom. The fourth-order valence-electron chi connectivity index (χ4n) is 5.60. The van der Waals surface area contributed by atoms with Gasteiger partial charge in [0, 0.05) is 18.8 Å². The quantitative estimate of drug-likeness (QED) is 0.548. The Kier molecular flexibility index (Phi) is 3.01. The molecule has 0 radical (unpaired) electrons. The van der Waals surface area contributed by atoms with Gasteiger partial charge in [-0.3, -0.25) is 14.4 Å². The van der Waals surface area contributed by atoms with E-state index in [4.69, 9.17) is 4.74 Å². The van der Waals surface area contributed by atoms with E-state index in [9.17, 15) is 14.4 Å². The first-order valence-corrected chi connectivity index (χ1v) is 9.04. The van der Waals surface area contributed by atoms with E-state index in [0.29, 0.717) is 12.8 Å². The number of fused-ring (bicyclic) bond motifs is 4. The number of ether oxygens (including phenoxy) is 1. The van der Waals surface area contributed by atoms with Crippen molar-refractivity contribution < 1.29 is 19.1 Å². The number of Topliss-reactive ketones (excluding diaryl/α,β-unsaturated/α-hetero) is 2. The van der Waals surface area contributed by atoms with Crippen molar-refractivity contribution >= 4 is 17.3 Å². The fourth-order valence-corrected chi connectivity index (χ4v) is 5.60. The van der Waals surface area contributed by atoms with Crippen molar-refractivity contribution in [3.63, 3.8) is 0 Å². The van der Waals surface area contributed by atoms with E-state index < -0.39 is 11.0 Å². The molecule has 0 N–H and O–H groups in total. The van der Waals surface area contributed by atoms with Crippen molar-refractivity contribution in [1.82, 2.24) is 0 Å². The van der Waals surface area contributed by atoms with Crippen LogP contribution in [0.3, 0.4) is 0 Å². The lowest BCUT2D eigenvalue weighted by Crippen LogP contribution is -2.54. The van der Waals surface area contributed by atoms with Crippen LogP contribution in [0.2, 0.25) is 0 Å². The summed E-state index contributed by atoms with van der Waals surface area (Å²) >= 11 is 0. The lowest BCUT2D eigenvalue weighted by Gasteiger charge is -2.51. The highest BCUT2D eigenvalue weighted by atomic mass is 16.6. The molecule has 0 spiro atoms. The predicted octanol–water partition coefficient (Wildman–Crippen LogP) is 2.89. The van der Waals surface area contributed by atoms with Crippen LogP contribution in [0.15, 0.2) is 11.6 Å². The molecule has 0 aromatic carbocycles. The highest BCUT2D eigenvalue weighted by molar-refractivity contribution is 6.15. The van der Waals surface area contributed by atoms with E-state index in [1.165, 1.54) is 0 Å². The second kappa shape index (κ2) is 4.46. The van der Waals surface area contributed by atoms with Gasteiger partial charge in [0.05, 0.1) is 11.5 Å². The van der Waals surface area contributed by atoms with Crippen LogP contribution in [-0.4, -0.2) is 29.1 Å². The monoisotopic (exact) mass is 330 g/mol. The first kappa shape index (κ1) is 16.2. The van der Waals surface area contributed by atoms with Crippen LogP contribution in [-0.2, 0) is 19.1 Å². The standard InChI is InChI=1S/C20H26O4/c1-10(2)11-6-13(21)19(4)14(22)8-18(3)9-15(23)20(5)16(24-20)7-12(18)17(11)19/h6,10,12,16-17H,7-9H2,1-5H3/t12-,16-,17-,18+,19+,20+/m1/s1. The van der Waals surface area contributed by atoms with E-state index in [2.05, 4.69) is 20.8 Å². The van der Waals surface area contributed by atoms with Gasteiger partial charge in [-0.2, -0.15) is 0 Å². The number of allylic oxidation sites excluding steroid dienone is 2. The highest BCUT2D eigenvalue weighted by Gasteiger charge is 2.69. The Bertz CT molecular complexity index is 704. The van der Waals surface area contributed by atoms with Crippen molar-refractivity contribution in [2.45, 2.75) is 65.6 Å². The molecule has 0 aromatic rings. The number of hydrogen-bond acceptors (Lipinski definition) is 4. The van der Waals surface area contributed by atoms with Gasteiger partial charge in [0.1, 0.15) is 11.4 Å². The molecule has 0 aromatic heterocycles. The summed E-state index contributed by atoms with van der Waals surface area (Å²) in [7, 11) is 0. The van der Waals surface area contributed by atoms with E-state index in [-0.39, 0.29) is 46.6 Å². The predicted molar refractivity (Wildman–Crippen MR) is 88.3 cm³/mol. The van der Waals surface area contributed by atoms with Crippen LogP contribution in [0.5, 0.6) is 0 Å². The Morgan fingerprint density at radius 3 is 2.33 bits per heavy atom. The minimum atomic E-state index is -0.942. The number of carbonyl (C=O) groups excluding carboxylic acids is 3. The molecule has 1 saturated heterocycles. The maximum Gasteiger partial charge on any atom is 0.169 e. The first-order valence-electron chi connectivity index (χ1n) is 9.04. The van der Waals surface area contributed by atoms with Gasteiger partial charge in [0.15, 0.2) is 11.6 Å². The summed E-state index contributed by atoms with van der Waals surface area (Å²) in [4.78, 5) is 38.5. The first-order chi connectivity index (χ1) is 11.0. The molecule has 4 nitrogen and oxygen atoms in total. The molecule has 0 unspecified atom stereocenters. The van der Waals surface area contributed by atoms with Crippen molar-refractivity contribution in [3.8, 4) is 0 Å². The molecule has 3 aliphatic carbocycles. The molecule has 0 amide bonds. The van der Waals surface area contributed by atoms with Crippen LogP contribution in [0.1, 0.15) is 53.9 Å². The number of carbonyl (C=O) groups is 3. The number of epoxide rings is 1. The molecule has 24 heavy (non-hydrogen) atoms. The van der Waals surface area contributed by atoms with Gasteiger partial charge >= 0.3 is 0 Å². The second-order valence-electron chi connectivity index (χ2n) is 9.25. The normalized spacial score (nSPS) is 50.2.